The van der Waals surface area contributed by atoms with Crippen molar-refractivity contribution in [2.24, 2.45) is 7.05 Å². The lowest BCUT2D eigenvalue weighted by Crippen LogP contribution is -2.25. The Hall–Kier alpha value is -4.22. The van der Waals surface area contributed by atoms with Gasteiger partial charge in [0.2, 0.25) is 0 Å². The number of aromatic nitrogens is 3. The molecular formula is C29H29N5O3. The number of ether oxygens (including phenoxy) is 1. The van der Waals surface area contributed by atoms with Crippen LogP contribution in [0, 0.1) is 25.2 Å². The highest BCUT2D eigenvalue weighted by Gasteiger charge is 2.23. The van der Waals surface area contributed by atoms with E-state index in [0.717, 1.165) is 56.7 Å². The second-order valence-corrected chi connectivity index (χ2v) is 9.69. The van der Waals surface area contributed by atoms with Gasteiger partial charge in [-0.05, 0) is 65.9 Å². The van der Waals surface area contributed by atoms with Crippen LogP contribution in [0.3, 0.4) is 0 Å². The van der Waals surface area contributed by atoms with Gasteiger partial charge >= 0.3 is 5.97 Å². The Kier molecular flexibility index (Phi) is 6.64. The van der Waals surface area contributed by atoms with Gasteiger partial charge < -0.3 is 9.84 Å². The molecule has 4 aromatic rings. The number of hydrogen-bond acceptors (Lipinski definition) is 6. The summed E-state index contributed by atoms with van der Waals surface area (Å²) in [6.45, 7) is 6.76. The predicted octanol–water partition coefficient (Wildman–Crippen LogP) is 4.46. The molecule has 0 saturated carbocycles. The molecule has 2 heterocycles. The molecule has 0 aliphatic carbocycles. The number of carboxylic acid groups (broad SMARTS) is 1. The predicted molar refractivity (Wildman–Crippen MR) is 139 cm³/mol. The molecule has 188 valence electrons. The summed E-state index contributed by atoms with van der Waals surface area (Å²) in [6.07, 6.45) is -0.0169. The van der Waals surface area contributed by atoms with Gasteiger partial charge in [0.15, 0.2) is 0 Å². The SMILES string of the molecule is Cc1ccc(C(CC(=O)O)c2ccc3c(nnn3C)c2C)cc1CN1CCOc2ccc(C#N)cc2C1. The van der Waals surface area contributed by atoms with Crippen molar-refractivity contribution in [3.63, 3.8) is 0 Å². The van der Waals surface area contributed by atoms with Crippen molar-refractivity contribution in [1.82, 2.24) is 19.9 Å². The second-order valence-electron chi connectivity index (χ2n) is 9.69. The molecule has 0 saturated heterocycles. The zero-order valence-corrected chi connectivity index (χ0v) is 21.2. The van der Waals surface area contributed by atoms with E-state index in [-0.39, 0.29) is 12.3 Å². The van der Waals surface area contributed by atoms with Gasteiger partial charge in [-0.3, -0.25) is 9.69 Å². The maximum absolute atomic E-state index is 11.9. The molecule has 0 bridgehead atoms. The molecular weight excluding hydrogens is 466 g/mol. The molecule has 37 heavy (non-hydrogen) atoms. The number of fused-ring (bicyclic) bond motifs is 2. The number of benzene rings is 3. The Labute approximate surface area is 215 Å². The molecule has 0 spiro atoms. The van der Waals surface area contributed by atoms with Gasteiger partial charge in [-0.1, -0.05) is 29.5 Å². The van der Waals surface area contributed by atoms with Crippen LogP contribution in [0.2, 0.25) is 0 Å². The maximum Gasteiger partial charge on any atom is 0.304 e. The van der Waals surface area contributed by atoms with E-state index in [2.05, 4.69) is 40.3 Å². The Morgan fingerprint density at radius 1 is 1.19 bits per heavy atom. The first kappa shape index (κ1) is 24.5. The van der Waals surface area contributed by atoms with Crippen LogP contribution in [0.5, 0.6) is 5.75 Å². The summed E-state index contributed by atoms with van der Waals surface area (Å²) in [6, 6.07) is 18.0. The lowest BCUT2D eigenvalue weighted by atomic mass is 9.84. The van der Waals surface area contributed by atoms with E-state index in [4.69, 9.17) is 4.74 Å². The Morgan fingerprint density at radius 2 is 2.03 bits per heavy atom. The van der Waals surface area contributed by atoms with Crippen molar-refractivity contribution in [2.45, 2.75) is 39.3 Å². The first-order valence-electron chi connectivity index (χ1n) is 12.3. The van der Waals surface area contributed by atoms with Crippen LogP contribution in [0.25, 0.3) is 11.0 Å². The van der Waals surface area contributed by atoms with Crippen LogP contribution in [0.1, 0.15) is 51.3 Å². The van der Waals surface area contributed by atoms with Crippen molar-refractivity contribution in [2.75, 3.05) is 13.2 Å². The smallest absolute Gasteiger partial charge is 0.304 e. The summed E-state index contributed by atoms with van der Waals surface area (Å²) in [5.74, 6) is -0.335. The van der Waals surface area contributed by atoms with Crippen LogP contribution < -0.4 is 4.74 Å². The van der Waals surface area contributed by atoms with Crippen molar-refractivity contribution < 1.29 is 14.6 Å². The fourth-order valence-corrected chi connectivity index (χ4v) is 5.18. The Balaban J connectivity index is 1.48. The largest absolute Gasteiger partial charge is 0.492 e. The number of aliphatic carboxylic acids is 1. The van der Waals surface area contributed by atoms with E-state index in [9.17, 15) is 15.2 Å². The zero-order valence-electron chi connectivity index (χ0n) is 21.2. The fourth-order valence-electron chi connectivity index (χ4n) is 5.18. The minimum Gasteiger partial charge on any atom is -0.492 e. The van der Waals surface area contributed by atoms with Crippen LogP contribution in [-0.4, -0.2) is 44.1 Å². The fraction of sp³-hybridized carbons (Fsp3) is 0.310. The number of rotatable bonds is 6. The molecule has 1 aliphatic rings. The summed E-state index contributed by atoms with van der Waals surface area (Å²) in [5, 5.41) is 27.5. The van der Waals surface area contributed by atoms with Crippen LogP contribution in [0.4, 0.5) is 0 Å². The van der Waals surface area contributed by atoms with Crippen molar-refractivity contribution in [3.8, 4) is 11.8 Å². The molecule has 1 atom stereocenters. The van der Waals surface area contributed by atoms with Gasteiger partial charge in [-0.25, -0.2) is 4.68 Å². The number of hydrogen-bond donors (Lipinski definition) is 1. The van der Waals surface area contributed by atoms with Crippen molar-refractivity contribution >= 4 is 17.0 Å². The molecule has 0 amide bonds. The monoisotopic (exact) mass is 495 g/mol. The van der Waals surface area contributed by atoms with E-state index >= 15 is 0 Å². The topological polar surface area (TPSA) is 104 Å². The van der Waals surface area contributed by atoms with E-state index in [1.807, 2.05) is 44.3 Å². The standard InChI is InChI=1S/C29H29N5O3/c1-18-4-6-21(25(14-28(35)36)24-7-8-26-29(19(24)2)31-32-33(26)3)13-22(18)16-34-10-11-37-27-9-5-20(15-30)12-23(27)17-34/h4-9,12-13,25H,10-11,14,16-17H2,1-3H3,(H,35,36). The number of aryl methyl sites for hydroxylation is 3. The number of nitriles is 1. The van der Waals surface area contributed by atoms with Gasteiger partial charge in [-0.2, -0.15) is 5.26 Å². The van der Waals surface area contributed by atoms with Gasteiger partial charge in [0.25, 0.3) is 0 Å². The zero-order chi connectivity index (χ0) is 26.1. The summed E-state index contributed by atoms with van der Waals surface area (Å²) >= 11 is 0. The number of carbonyl (C=O) groups is 1. The summed E-state index contributed by atoms with van der Waals surface area (Å²) in [7, 11) is 1.85. The Morgan fingerprint density at radius 3 is 2.81 bits per heavy atom. The minimum atomic E-state index is -0.847. The number of nitrogens with zero attached hydrogens (tertiary/aromatic N) is 5. The normalized spacial score (nSPS) is 14.4. The van der Waals surface area contributed by atoms with Gasteiger partial charge in [0, 0.05) is 38.2 Å². The van der Waals surface area contributed by atoms with E-state index in [1.165, 1.54) is 0 Å². The summed E-state index contributed by atoms with van der Waals surface area (Å²) in [5.41, 5.74) is 8.50. The van der Waals surface area contributed by atoms with Crippen LogP contribution in [-0.2, 0) is 24.9 Å². The highest BCUT2D eigenvalue weighted by molar-refractivity contribution is 5.80. The summed E-state index contributed by atoms with van der Waals surface area (Å²) < 4.78 is 7.66. The lowest BCUT2D eigenvalue weighted by Gasteiger charge is -2.23. The minimum absolute atomic E-state index is 0.0169. The molecule has 5 rings (SSSR count). The van der Waals surface area contributed by atoms with Crippen molar-refractivity contribution in [1.29, 1.82) is 5.26 Å². The van der Waals surface area contributed by atoms with Crippen LogP contribution >= 0.6 is 0 Å². The average Bonchev–Trinajstić information content (AvgIpc) is 3.14. The molecule has 1 unspecified atom stereocenters. The molecule has 1 aromatic heterocycles. The molecule has 1 N–H and O–H groups in total. The van der Waals surface area contributed by atoms with Gasteiger partial charge in [0.1, 0.15) is 17.9 Å². The lowest BCUT2D eigenvalue weighted by molar-refractivity contribution is -0.137. The second kappa shape index (κ2) is 10.0. The van der Waals surface area contributed by atoms with Crippen molar-refractivity contribution in [3.05, 3.63) is 87.5 Å². The third-order valence-electron chi connectivity index (χ3n) is 7.25. The highest BCUT2D eigenvalue weighted by Crippen LogP contribution is 2.34. The van der Waals surface area contributed by atoms with Crippen LogP contribution in [0.15, 0.2) is 48.5 Å². The molecule has 0 fully saturated rings. The Bertz CT molecular complexity index is 1530. The quantitative estimate of drug-likeness (QED) is 0.421. The average molecular weight is 496 g/mol. The summed E-state index contributed by atoms with van der Waals surface area (Å²) in [4.78, 5) is 14.2. The molecule has 1 aliphatic heterocycles. The number of carboxylic acids is 1. The first-order valence-corrected chi connectivity index (χ1v) is 12.3. The highest BCUT2D eigenvalue weighted by atomic mass is 16.5. The van der Waals surface area contributed by atoms with E-state index < -0.39 is 5.97 Å². The maximum atomic E-state index is 11.9. The molecule has 3 aromatic carbocycles. The van der Waals surface area contributed by atoms with E-state index in [1.54, 1.807) is 10.7 Å². The molecule has 0 radical (unpaired) electrons. The molecule has 8 heteroatoms. The van der Waals surface area contributed by atoms with E-state index in [0.29, 0.717) is 25.3 Å². The van der Waals surface area contributed by atoms with Gasteiger partial charge in [-0.15, -0.1) is 5.10 Å². The molecule has 8 nitrogen and oxygen atoms in total. The van der Waals surface area contributed by atoms with Gasteiger partial charge in [0.05, 0.1) is 23.6 Å². The first-order chi connectivity index (χ1) is 17.8. The third-order valence-corrected chi connectivity index (χ3v) is 7.25. The third kappa shape index (κ3) is 4.91.